The van der Waals surface area contributed by atoms with Crippen LogP contribution in [0.15, 0.2) is 35.7 Å². The van der Waals surface area contributed by atoms with Gasteiger partial charge < -0.3 is 5.32 Å². The van der Waals surface area contributed by atoms with Gasteiger partial charge in [-0.1, -0.05) is 38.1 Å². The minimum atomic E-state index is 0.0129. The molecule has 2 aromatic rings. The van der Waals surface area contributed by atoms with E-state index in [4.69, 9.17) is 0 Å². The first-order valence-electron chi connectivity index (χ1n) is 6.67. The zero-order chi connectivity index (χ0) is 13.7. The van der Waals surface area contributed by atoms with Crippen molar-refractivity contribution in [2.24, 2.45) is 0 Å². The molecule has 2 rings (SSSR count). The minimum absolute atomic E-state index is 0.0129. The van der Waals surface area contributed by atoms with E-state index >= 15 is 0 Å². The first-order chi connectivity index (χ1) is 9.24. The van der Waals surface area contributed by atoms with Crippen LogP contribution in [0.4, 0.5) is 0 Å². The second kappa shape index (κ2) is 6.53. The molecule has 0 aliphatic rings. The van der Waals surface area contributed by atoms with Crippen molar-refractivity contribution in [3.63, 3.8) is 0 Å². The van der Waals surface area contributed by atoms with Crippen LogP contribution in [0.3, 0.4) is 0 Å². The van der Waals surface area contributed by atoms with E-state index in [-0.39, 0.29) is 5.91 Å². The Morgan fingerprint density at radius 3 is 2.63 bits per heavy atom. The van der Waals surface area contributed by atoms with Crippen LogP contribution in [0.1, 0.15) is 40.2 Å². The molecule has 1 amide bonds. The summed E-state index contributed by atoms with van der Waals surface area (Å²) in [5, 5.41) is 4.92. The van der Waals surface area contributed by atoms with Crippen LogP contribution in [0, 0.1) is 0 Å². The molecule has 0 saturated heterocycles. The molecule has 0 fully saturated rings. The Hall–Kier alpha value is -1.61. The molecular formula is C16H19NOS. The summed E-state index contributed by atoms with van der Waals surface area (Å²) in [6, 6.07) is 10.3. The molecule has 0 saturated carbocycles. The number of benzene rings is 1. The molecule has 0 atom stereocenters. The van der Waals surface area contributed by atoms with Gasteiger partial charge in [-0.3, -0.25) is 4.79 Å². The molecule has 0 bridgehead atoms. The number of carbonyl (C=O) groups excluding carboxylic acids is 1. The largest absolute Gasteiger partial charge is 0.347 e. The molecule has 2 nitrogen and oxygen atoms in total. The molecule has 0 aliphatic carbocycles. The van der Waals surface area contributed by atoms with Gasteiger partial charge in [0.05, 0.1) is 4.88 Å². The Labute approximate surface area is 118 Å². The minimum Gasteiger partial charge on any atom is -0.347 e. The predicted octanol–water partition coefficient (Wildman–Crippen LogP) is 3.80. The number of rotatable bonds is 5. The number of carbonyl (C=O) groups is 1. The monoisotopic (exact) mass is 273 g/mol. The third kappa shape index (κ3) is 3.44. The first-order valence-corrected chi connectivity index (χ1v) is 7.55. The third-order valence-corrected chi connectivity index (χ3v) is 4.11. The van der Waals surface area contributed by atoms with Gasteiger partial charge in [-0.2, -0.15) is 0 Å². The van der Waals surface area contributed by atoms with Gasteiger partial charge in [0.2, 0.25) is 0 Å². The van der Waals surface area contributed by atoms with E-state index in [1.165, 1.54) is 28.0 Å². The van der Waals surface area contributed by atoms with Gasteiger partial charge in [-0.25, -0.2) is 0 Å². The van der Waals surface area contributed by atoms with Crippen molar-refractivity contribution < 1.29 is 4.79 Å². The summed E-state index contributed by atoms with van der Waals surface area (Å²) in [5.74, 6) is 0.0129. The van der Waals surface area contributed by atoms with Gasteiger partial charge in [0, 0.05) is 6.54 Å². The van der Waals surface area contributed by atoms with Crippen LogP contribution in [0.5, 0.6) is 0 Å². The van der Waals surface area contributed by atoms with Gasteiger partial charge in [0.25, 0.3) is 5.91 Å². The zero-order valence-corrected chi connectivity index (χ0v) is 12.2. The normalized spacial score (nSPS) is 10.4. The standard InChI is InChI=1S/C16H19NOS/c1-3-12-7-8-13(4-2)14(10-12)11-17-16(18)15-6-5-9-19-15/h5-10H,3-4,11H2,1-2H3,(H,17,18). The number of amides is 1. The van der Waals surface area contributed by atoms with E-state index in [1.807, 2.05) is 17.5 Å². The zero-order valence-electron chi connectivity index (χ0n) is 11.4. The molecule has 19 heavy (non-hydrogen) atoms. The lowest BCUT2D eigenvalue weighted by molar-refractivity contribution is 0.0955. The highest BCUT2D eigenvalue weighted by Gasteiger charge is 2.08. The number of hydrogen-bond acceptors (Lipinski definition) is 2. The Balaban J connectivity index is 2.08. The number of aryl methyl sites for hydroxylation is 2. The highest BCUT2D eigenvalue weighted by Crippen LogP contribution is 2.14. The lowest BCUT2D eigenvalue weighted by atomic mass is 10.0. The second-order valence-electron chi connectivity index (χ2n) is 4.47. The van der Waals surface area contributed by atoms with Crippen molar-refractivity contribution in [2.75, 3.05) is 0 Å². The summed E-state index contributed by atoms with van der Waals surface area (Å²) >= 11 is 1.47. The summed E-state index contributed by atoms with van der Waals surface area (Å²) in [6.07, 6.45) is 2.02. The second-order valence-corrected chi connectivity index (χ2v) is 5.42. The van der Waals surface area contributed by atoms with Gasteiger partial charge in [-0.05, 0) is 41.0 Å². The average molecular weight is 273 g/mol. The van der Waals surface area contributed by atoms with Crippen LogP contribution in [0.2, 0.25) is 0 Å². The van der Waals surface area contributed by atoms with Crippen LogP contribution >= 0.6 is 11.3 Å². The number of thiophene rings is 1. The van der Waals surface area contributed by atoms with Crippen molar-refractivity contribution in [2.45, 2.75) is 33.2 Å². The SMILES string of the molecule is CCc1ccc(CC)c(CNC(=O)c2cccs2)c1. The predicted molar refractivity (Wildman–Crippen MR) is 80.7 cm³/mol. The molecule has 0 aliphatic heterocycles. The maximum absolute atomic E-state index is 11.9. The van der Waals surface area contributed by atoms with Gasteiger partial charge >= 0.3 is 0 Å². The average Bonchev–Trinajstić information content (AvgIpc) is 2.98. The van der Waals surface area contributed by atoms with Crippen LogP contribution in [-0.2, 0) is 19.4 Å². The van der Waals surface area contributed by atoms with E-state index in [0.29, 0.717) is 6.54 Å². The highest BCUT2D eigenvalue weighted by molar-refractivity contribution is 7.12. The number of hydrogen-bond donors (Lipinski definition) is 1. The van der Waals surface area contributed by atoms with Crippen LogP contribution < -0.4 is 5.32 Å². The molecule has 0 unspecified atom stereocenters. The van der Waals surface area contributed by atoms with Crippen molar-refractivity contribution in [1.29, 1.82) is 0 Å². The van der Waals surface area contributed by atoms with Crippen molar-refractivity contribution >= 4 is 17.2 Å². The quantitative estimate of drug-likeness (QED) is 0.882. The molecular weight excluding hydrogens is 254 g/mol. The smallest absolute Gasteiger partial charge is 0.261 e. The molecule has 1 aromatic heterocycles. The molecule has 3 heteroatoms. The Kier molecular flexibility index (Phi) is 4.74. The molecule has 1 heterocycles. The first kappa shape index (κ1) is 13.8. The Morgan fingerprint density at radius 1 is 1.16 bits per heavy atom. The van der Waals surface area contributed by atoms with Gasteiger partial charge in [0.1, 0.15) is 0 Å². The van der Waals surface area contributed by atoms with E-state index in [9.17, 15) is 4.79 Å². The summed E-state index contributed by atoms with van der Waals surface area (Å²) in [6.45, 7) is 4.90. The van der Waals surface area contributed by atoms with Crippen LogP contribution in [0.25, 0.3) is 0 Å². The third-order valence-electron chi connectivity index (χ3n) is 3.24. The van der Waals surface area contributed by atoms with E-state index in [2.05, 4.69) is 37.4 Å². The Bertz CT molecular complexity index is 546. The highest BCUT2D eigenvalue weighted by atomic mass is 32.1. The van der Waals surface area contributed by atoms with Gasteiger partial charge in [0.15, 0.2) is 0 Å². The summed E-state index contributed by atoms with van der Waals surface area (Å²) in [5.41, 5.74) is 3.85. The van der Waals surface area contributed by atoms with Crippen LogP contribution in [-0.4, -0.2) is 5.91 Å². The Morgan fingerprint density at radius 2 is 2.00 bits per heavy atom. The van der Waals surface area contributed by atoms with Crippen molar-refractivity contribution in [3.05, 3.63) is 57.3 Å². The van der Waals surface area contributed by atoms with E-state index in [0.717, 1.165) is 17.7 Å². The molecule has 0 radical (unpaired) electrons. The fourth-order valence-electron chi connectivity index (χ4n) is 2.08. The summed E-state index contributed by atoms with van der Waals surface area (Å²) in [4.78, 5) is 12.7. The summed E-state index contributed by atoms with van der Waals surface area (Å²) < 4.78 is 0. The topological polar surface area (TPSA) is 29.1 Å². The molecule has 1 N–H and O–H groups in total. The maximum Gasteiger partial charge on any atom is 0.261 e. The lowest BCUT2D eigenvalue weighted by Gasteiger charge is -2.11. The fourth-order valence-corrected chi connectivity index (χ4v) is 2.72. The molecule has 1 aromatic carbocycles. The van der Waals surface area contributed by atoms with E-state index in [1.54, 1.807) is 0 Å². The van der Waals surface area contributed by atoms with Crippen molar-refractivity contribution in [3.8, 4) is 0 Å². The lowest BCUT2D eigenvalue weighted by Crippen LogP contribution is -2.22. The van der Waals surface area contributed by atoms with E-state index < -0.39 is 0 Å². The fraction of sp³-hybridized carbons (Fsp3) is 0.312. The van der Waals surface area contributed by atoms with Crippen molar-refractivity contribution in [1.82, 2.24) is 5.32 Å². The molecule has 100 valence electrons. The maximum atomic E-state index is 11.9. The molecule has 0 spiro atoms. The van der Waals surface area contributed by atoms with Gasteiger partial charge in [-0.15, -0.1) is 11.3 Å². The number of nitrogens with one attached hydrogen (secondary N) is 1. The summed E-state index contributed by atoms with van der Waals surface area (Å²) in [7, 11) is 0.